The average Bonchev–Trinajstić information content (AvgIpc) is 2.39. The molecule has 0 heterocycles. The van der Waals surface area contributed by atoms with Gasteiger partial charge in [-0.2, -0.15) is 0 Å². The number of hydrogen-bond donors (Lipinski definition) is 2. The molecule has 2 rings (SSSR count). The Morgan fingerprint density at radius 3 is 2.63 bits per heavy atom. The van der Waals surface area contributed by atoms with Gasteiger partial charge in [-0.25, -0.2) is 4.39 Å². The van der Waals surface area contributed by atoms with Crippen LogP contribution in [-0.2, 0) is 6.42 Å². The van der Waals surface area contributed by atoms with Gasteiger partial charge < -0.3 is 11.1 Å². The molecule has 0 aromatic heterocycles. The lowest BCUT2D eigenvalue weighted by Gasteiger charge is -2.32. The Bertz CT molecular complexity index is 411. The summed E-state index contributed by atoms with van der Waals surface area (Å²) in [4.78, 5) is 0. The van der Waals surface area contributed by atoms with Crippen molar-refractivity contribution in [3.63, 3.8) is 0 Å². The van der Waals surface area contributed by atoms with Gasteiger partial charge >= 0.3 is 0 Å². The maximum atomic E-state index is 13.7. The van der Waals surface area contributed by atoms with Crippen LogP contribution < -0.4 is 11.1 Å². The molecule has 0 unspecified atom stereocenters. The normalized spacial score (nSPS) is 25.1. The summed E-state index contributed by atoms with van der Waals surface area (Å²) in [6, 6.07) is 6.05. The largest absolute Gasteiger partial charge is 0.382 e. The van der Waals surface area contributed by atoms with E-state index < -0.39 is 0 Å². The van der Waals surface area contributed by atoms with Crippen LogP contribution in [0.5, 0.6) is 0 Å². The SMILES string of the molecule is CCc1c(F)cccc1N[C@@H](C)C1CCC(N)CC1. The minimum absolute atomic E-state index is 0.106. The van der Waals surface area contributed by atoms with Gasteiger partial charge in [-0.15, -0.1) is 0 Å². The van der Waals surface area contributed by atoms with Crippen LogP contribution in [0.4, 0.5) is 10.1 Å². The Kier molecular flexibility index (Phi) is 4.81. The maximum Gasteiger partial charge on any atom is 0.128 e. The summed E-state index contributed by atoms with van der Waals surface area (Å²) in [5, 5.41) is 3.51. The zero-order valence-electron chi connectivity index (χ0n) is 12.0. The summed E-state index contributed by atoms with van der Waals surface area (Å²) >= 11 is 0. The second-order valence-corrected chi connectivity index (χ2v) is 5.73. The smallest absolute Gasteiger partial charge is 0.128 e. The van der Waals surface area contributed by atoms with Crippen molar-refractivity contribution >= 4 is 5.69 Å². The fourth-order valence-electron chi connectivity index (χ4n) is 3.06. The molecule has 0 aliphatic heterocycles. The fourth-order valence-corrected chi connectivity index (χ4v) is 3.06. The number of anilines is 1. The van der Waals surface area contributed by atoms with Crippen LogP contribution in [0.15, 0.2) is 18.2 Å². The molecule has 1 fully saturated rings. The molecule has 2 nitrogen and oxygen atoms in total. The zero-order chi connectivity index (χ0) is 13.8. The van der Waals surface area contributed by atoms with Crippen molar-refractivity contribution in [3.05, 3.63) is 29.6 Å². The molecule has 19 heavy (non-hydrogen) atoms. The zero-order valence-corrected chi connectivity index (χ0v) is 12.0. The highest BCUT2D eigenvalue weighted by Gasteiger charge is 2.23. The predicted octanol–water partition coefficient (Wildman–Crippen LogP) is 3.71. The Hall–Kier alpha value is -1.09. The van der Waals surface area contributed by atoms with E-state index in [2.05, 4.69) is 12.2 Å². The van der Waals surface area contributed by atoms with E-state index in [4.69, 9.17) is 5.73 Å². The lowest BCUT2D eigenvalue weighted by Crippen LogP contribution is -2.34. The lowest BCUT2D eigenvalue weighted by atomic mass is 9.82. The molecule has 0 saturated heterocycles. The standard InChI is InChI=1S/C16H25FN2/c1-3-14-15(17)5-4-6-16(14)19-11(2)12-7-9-13(18)10-8-12/h4-6,11-13,19H,3,7-10,18H2,1-2H3/t11-,12?,13?/m0/s1. The topological polar surface area (TPSA) is 38.0 Å². The Morgan fingerprint density at radius 1 is 1.32 bits per heavy atom. The molecule has 1 atom stereocenters. The summed E-state index contributed by atoms with van der Waals surface area (Å²) in [5.74, 6) is 0.540. The van der Waals surface area contributed by atoms with Crippen molar-refractivity contribution in [2.75, 3.05) is 5.32 Å². The number of benzene rings is 1. The van der Waals surface area contributed by atoms with E-state index in [1.54, 1.807) is 6.07 Å². The lowest BCUT2D eigenvalue weighted by molar-refractivity contribution is 0.302. The fraction of sp³-hybridized carbons (Fsp3) is 0.625. The number of halogens is 1. The van der Waals surface area contributed by atoms with Gasteiger partial charge in [0, 0.05) is 23.3 Å². The Balaban J connectivity index is 2.02. The van der Waals surface area contributed by atoms with E-state index in [1.807, 2.05) is 13.0 Å². The average molecular weight is 264 g/mol. The van der Waals surface area contributed by atoms with Gasteiger partial charge in [0.15, 0.2) is 0 Å². The monoisotopic (exact) mass is 264 g/mol. The molecular weight excluding hydrogens is 239 g/mol. The van der Waals surface area contributed by atoms with E-state index in [9.17, 15) is 4.39 Å². The second-order valence-electron chi connectivity index (χ2n) is 5.73. The van der Waals surface area contributed by atoms with E-state index in [-0.39, 0.29) is 5.82 Å². The van der Waals surface area contributed by atoms with Crippen molar-refractivity contribution in [3.8, 4) is 0 Å². The highest BCUT2D eigenvalue weighted by molar-refractivity contribution is 5.52. The highest BCUT2D eigenvalue weighted by Crippen LogP contribution is 2.29. The molecule has 3 N–H and O–H groups in total. The van der Waals surface area contributed by atoms with Crippen molar-refractivity contribution in [2.45, 2.75) is 58.0 Å². The number of nitrogens with one attached hydrogen (secondary N) is 1. The first-order valence-corrected chi connectivity index (χ1v) is 7.41. The first-order chi connectivity index (χ1) is 9.11. The van der Waals surface area contributed by atoms with Crippen LogP contribution in [0.2, 0.25) is 0 Å². The molecule has 0 spiro atoms. The first kappa shape index (κ1) is 14.3. The van der Waals surface area contributed by atoms with Crippen LogP contribution in [0.3, 0.4) is 0 Å². The van der Waals surface area contributed by atoms with Crippen molar-refractivity contribution < 1.29 is 4.39 Å². The quantitative estimate of drug-likeness (QED) is 0.870. The summed E-state index contributed by atoms with van der Waals surface area (Å²) in [5.41, 5.74) is 7.69. The molecule has 1 aliphatic carbocycles. The molecule has 106 valence electrons. The summed E-state index contributed by atoms with van der Waals surface area (Å²) in [6.07, 6.45) is 5.29. The number of rotatable bonds is 4. The van der Waals surface area contributed by atoms with Crippen LogP contribution in [0.1, 0.15) is 45.1 Å². The summed E-state index contributed by atoms with van der Waals surface area (Å²) < 4.78 is 13.7. The van der Waals surface area contributed by atoms with Crippen molar-refractivity contribution in [1.82, 2.24) is 0 Å². The van der Waals surface area contributed by atoms with Gasteiger partial charge in [0.25, 0.3) is 0 Å². The third kappa shape index (κ3) is 3.47. The molecule has 3 heteroatoms. The number of hydrogen-bond acceptors (Lipinski definition) is 2. The minimum atomic E-state index is -0.106. The van der Waals surface area contributed by atoms with Crippen LogP contribution in [-0.4, -0.2) is 12.1 Å². The maximum absolute atomic E-state index is 13.7. The van der Waals surface area contributed by atoms with Gasteiger partial charge in [0.1, 0.15) is 5.82 Å². The van der Waals surface area contributed by atoms with E-state index in [0.717, 1.165) is 30.5 Å². The Morgan fingerprint density at radius 2 is 2.00 bits per heavy atom. The molecule has 1 saturated carbocycles. The Labute approximate surface area is 115 Å². The highest BCUT2D eigenvalue weighted by atomic mass is 19.1. The molecule has 0 radical (unpaired) electrons. The molecule has 1 aliphatic rings. The second kappa shape index (κ2) is 6.38. The van der Waals surface area contributed by atoms with Gasteiger partial charge in [0.2, 0.25) is 0 Å². The summed E-state index contributed by atoms with van der Waals surface area (Å²) in [7, 11) is 0. The third-order valence-corrected chi connectivity index (χ3v) is 4.38. The minimum Gasteiger partial charge on any atom is -0.382 e. The van der Waals surface area contributed by atoms with Crippen LogP contribution >= 0.6 is 0 Å². The van der Waals surface area contributed by atoms with Gasteiger partial charge in [0.05, 0.1) is 0 Å². The molecule has 1 aromatic carbocycles. The van der Waals surface area contributed by atoms with Crippen LogP contribution in [0.25, 0.3) is 0 Å². The van der Waals surface area contributed by atoms with Gasteiger partial charge in [-0.3, -0.25) is 0 Å². The summed E-state index contributed by atoms with van der Waals surface area (Å²) in [6.45, 7) is 4.19. The predicted molar refractivity (Wildman–Crippen MR) is 78.8 cm³/mol. The molecule has 1 aromatic rings. The van der Waals surface area contributed by atoms with E-state index in [0.29, 0.717) is 18.0 Å². The third-order valence-electron chi connectivity index (χ3n) is 4.38. The van der Waals surface area contributed by atoms with Gasteiger partial charge in [-0.05, 0) is 57.1 Å². The van der Waals surface area contributed by atoms with E-state index >= 15 is 0 Å². The number of nitrogens with two attached hydrogens (primary N) is 1. The van der Waals surface area contributed by atoms with Gasteiger partial charge in [-0.1, -0.05) is 13.0 Å². The molecule has 0 bridgehead atoms. The van der Waals surface area contributed by atoms with Crippen LogP contribution in [0, 0.1) is 11.7 Å². The van der Waals surface area contributed by atoms with E-state index in [1.165, 1.54) is 18.9 Å². The first-order valence-electron chi connectivity index (χ1n) is 7.41. The van der Waals surface area contributed by atoms with Crippen molar-refractivity contribution in [2.24, 2.45) is 11.7 Å². The molecule has 0 amide bonds. The molecular formula is C16H25FN2. The van der Waals surface area contributed by atoms with Crippen molar-refractivity contribution in [1.29, 1.82) is 0 Å².